The summed E-state index contributed by atoms with van der Waals surface area (Å²) in [4.78, 5) is 14.3. The molecule has 1 aromatic carbocycles. The van der Waals surface area contributed by atoms with Gasteiger partial charge in [-0.15, -0.1) is 11.3 Å². The standard InChI is InChI=1S/C15H15NO2S/c17-9-11-4-1-2-6-12(11)16-15(18)14-8-10-5-3-7-13(10)19-14/h1-2,4,6,8,17H,3,5,7,9H2,(H,16,18). The summed E-state index contributed by atoms with van der Waals surface area (Å²) in [7, 11) is 0. The fraction of sp³-hybridized carbons (Fsp3) is 0.267. The van der Waals surface area contributed by atoms with Crippen LogP contribution >= 0.6 is 11.3 Å². The summed E-state index contributed by atoms with van der Waals surface area (Å²) >= 11 is 1.59. The minimum Gasteiger partial charge on any atom is -0.392 e. The van der Waals surface area contributed by atoms with E-state index in [0.717, 1.165) is 23.3 Å². The number of rotatable bonds is 3. The number of hydrogen-bond acceptors (Lipinski definition) is 3. The molecule has 19 heavy (non-hydrogen) atoms. The van der Waals surface area contributed by atoms with E-state index in [4.69, 9.17) is 0 Å². The second-order valence-corrected chi connectivity index (χ2v) is 5.82. The number of aryl methyl sites for hydroxylation is 2. The second-order valence-electron chi connectivity index (χ2n) is 4.68. The first-order valence-corrected chi connectivity index (χ1v) is 7.21. The number of hydrogen-bond donors (Lipinski definition) is 2. The maximum Gasteiger partial charge on any atom is 0.265 e. The second kappa shape index (κ2) is 5.15. The maximum absolute atomic E-state index is 12.2. The monoisotopic (exact) mass is 273 g/mol. The molecule has 0 aliphatic heterocycles. The first-order valence-electron chi connectivity index (χ1n) is 6.39. The van der Waals surface area contributed by atoms with Crippen LogP contribution in [0.25, 0.3) is 0 Å². The quantitative estimate of drug-likeness (QED) is 0.903. The van der Waals surface area contributed by atoms with Gasteiger partial charge in [-0.05, 0) is 37.0 Å². The summed E-state index contributed by atoms with van der Waals surface area (Å²) in [5, 5.41) is 12.1. The topological polar surface area (TPSA) is 49.3 Å². The van der Waals surface area contributed by atoms with Gasteiger partial charge in [0.2, 0.25) is 0 Å². The van der Waals surface area contributed by atoms with Gasteiger partial charge < -0.3 is 10.4 Å². The van der Waals surface area contributed by atoms with E-state index in [0.29, 0.717) is 5.69 Å². The Kier molecular flexibility index (Phi) is 3.36. The lowest BCUT2D eigenvalue weighted by atomic mass is 10.2. The molecule has 0 unspecified atom stereocenters. The molecular weight excluding hydrogens is 258 g/mol. The van der Waals surface area contributed by atoms with Gasteiger partial charge in [0, 0.05) is 16.1 Å². The van der Waals surface area contributed by atoms with Crippen LogP contribution in [0.15, 0.2) is 30.3 Å². The fourth-order valence-electron chi connectivity index (χ4n) is 2.40. The summed E-state index contributed by atoms with van der Waals surface area (Å²) in [5.74, 6) is -0.0831. The minimum absolute atomic E-state index is 0.0720. The first kappa shape index (κ1) is 12.4. The average molecular weight is 273 g/mol. The highest BCUT2D eigenvalue weighted by atomic mass is 32.1. The average Bonchev–Trinajstić information content (AvgIpc) is 3.00. The molecule has 1 amide bonds. The normalized spacial score (nSPS) is 13.3. The van der Waals surface area contributed by atoms with E-state index in [1.165, 1.54) is 16.9 Å². The van der Waals surface area contributed by atoms with Crippen molar-refractivity contribution < 1.29 is 9.90 Å². The van der Waals surface area contributed by atoms with Crippen molar-refractivity contribution in [3.63, 3.8) is 0 Å². The molecule has 1 aromatic heterocycles. The van der Waals surface area contributed by atoms with Gasteiger partial charge in [0.1, 0.15) is 0 Å². The van der Waals surface area contributed by atoms with Gasteiger partial charge in [-0.2, -0.15) is 0 Å². The third kappa shape index (κ3) is 2.41. The van der Waals surface area contributed by atoms with Gasteiger partial charge in [-0.1, -0.05) is 18.2 Å². The van der Waals surface area contributed by atoms with Crippen LogP contribution in [-0.2, 0) is 19.4 Å². The number of fused-ring (bicyclic) bond motifs is 1. The predicted molar refractivity (Wildman–Crippen MR) is 76.7 cm³/mol. The first-order chi connectivity index (χ1) is 9.28. The number of amides is 1. The van der Waals surface area contributed by atoms with E-state index in [9.17, 15) is 9.90 Å². The molecule has 0 atom stereocenters. The zero-order valence-electron chi connectivity index (χ0n) is 10.5. The highest BCUT2D eigenvalue weighted by Gasteiger charge is 2.18. The van der Waals surface area contributed by atoms with E-state index in [-0.39, 0.29) is 12.5 Å². The summed E-state index contributed by atoms with van der Waals surface area (Å²) in [6, 6.07) is 9.32. The lowest BCUT2D eigenvalue weighted by Crippen LogP contribution is -2.11. The number of benzene rings is 1. The number of para-hydroxylation sites is 1. The third-order valence-electron chi connectivity index (χ3n) is 3.41. The van der Waals surface area contributed by atoms with Crippen molar-refractivity contribution in [2.75, 3.05) is 5.32 Å². The SMILES string of the molecule is O=C(Nc1ccccc1CO)c1cc2c(s1)CCC2. The van der Waals surface area contributed by atoms with E-state index >= 15 is 0 Å². The summed E-state index contributed by atoms with van der Waals surface area (Å²) in [6.07, 6.45) is 3.39. The Morgan fingerprint density at radius 1 is 1.32 bits per heavy atom. The van der Waals surface area contributed by atoms with Crippen LogP contribution in [0, 0.1) is 0 Å². The van der Waals surface area contributed by atoms with Crippen LogP contribution in [0.5, 0.6) is 0 Å². The number of carbonyl (C=O) groups is 1. The Labute approximate surface area is 115 Å². The molecule has 1 aliphatic rings. The van der Waals surface area contributed by atoms with Gasteiger partial charge in [0.15, 0.2) is 0 Å². The maximum atomic E-state index is 12.2. The van der Waals surface area contributed by atoms with Crippen molar-refractivity contribution >= 4 is 22.9 Å². The molecule has 3 rings (SSSR count). The molecular formula is C15H15NO2S. The van der Waals surface area contributed by atoms with Crippen molar-refractivity contribution in [3.05, 3.63) is 51.2 Å². The summed E-state index contributed by atoms with van der Waals surface area (Å²) in [6.45, 7) is -0.0720. The van der Waals surface area contributed by atoms with E-state index in [1.807, 2.05) is 30.3 Å². The highest BCUT2D eigenvalue weighted by molar-refractivity contribution is 7.14. The Hall–Kier alpha value is -1.65. The summed E-state index contributed by atoms with van der Waals surface area (Å²) in [5.41, 5.74) is 2.74. The van der Waals surface area contributed by atoms with Gasteiger partial charge in [0.05, 0.1) is 11.5 Å². The molecule has 0 saturated heterocycles. The van der Waals surface area contributed by atoms with Crippen LogP contribution < -0.4 is 5.32 Å². The van der Waals surface area contributed by atoms with Crippen LogP contribution in [-0.4, -0.2) is 11.0 Å². The van der Waals surface area contributed by atoms with Crippen LogP contribution in [0.1, 0.15) is 32.1 Å². The Bertz CT molecular complexity index is 597. The van der Waals surface area contributed by atoms with Crippen molar-refractivity contribution in [3.8, 4) is 0 Å². The fourth-order valence-corrected chi connectivity index (χ4v) is 3.55. The number of thiophene rings is 1. The lowest BCUT2D eigenvalue weighted by Gasteiger charge is -2.08. The Morgan fingerprint density at radius 3 is 2.95 bits per heavy atom. The van der Waals surface area contributed by atoms with Gasteiger partial charge >= 0.3 is 0 Å². The highest BCUT2D eigenvalue weighted by Crippen LogP contribution is 2.31. The number of nitrogens with one attached hydrogen (secondary N) is 1. The molecule has 0 saturated carbocycles. The molecule has 0 fully saturated rings. The van der Waals surface area contributed by atoms with Crippen molar-refractivity contribution in [2.24, 2.45) is 0 Å². The smallest absolute Gasteiger partial charge is 0.265 e. The van der Waals surface area contributed by atoms with Gasteiger partial charge in [-0.3, -0.25) is 4.79 Å². The molecule has 0 radical (unpaired) electrons. The Balaban J connectivity index is 1.80. The number of aliphatic hydroxyl groups is 1. The minimum atomic E-state index is -0.0831. The van der Waals surface area contributed by atoms with E-state index < -0.39 is 0 Å². The molecule has 1 heterocycles. The zero-order chi connectivity index (χ0) is 13.2. The third-order valence-corrected chi connectivity index (χ3v) is 4.64. The number of anilines is 1. The molecule has 4 heteroatoms. The largest absolute Gasteiger partial charge is 0.392 e. The molecule has 3 nitrogen and oxygen atoms in total. The molecule has 1 aliphatic carbocycles. The number of aliphatic hydroxyl groups excluding tert-OH is 1. The summed E-state index contributed by atoms with van der Waals surface area (Å²) < 4.78 is 0. The predicted octanol–water partition coefficient (Wildman–Crippen LogP) is 2.98. The van der Waals surface area contributed by atoms with E-state index in [2.05, 4.69) is 5.32 Å². The van der Waals surface area contributed by atoms with Gasteiger partial charge in [0.25, 0.3) is 5.91 Å². The van der Waals surface area contributed by atoms with Crippen molar-refractivity contribution in [1.29, 1.82) is 0 Å². The number of carbonyl (C=O) groups excluding carboxylic acids is 1. The Morgan fingerprint density at radius 2 is 2.16 bits per heavy atom. The molecule has 0 bridgehead atoms. The van der Waals surface area contributed by atoms with Crippen LogP contribution in [0.3, 0.4) is 0 Å². The van der Waals surface area contributed by atoms with Crippen LogP contribution in [0.4, 0.5) is 5.69 Å². The van der Waals surface area contributed by atoms with Gasteiger partial charge in [-0.25, -0.2) is 0 Å². The molecule has 2 N–H and O–H groups in total. The molecule has 98 valence electrons. The van der Waals surface area contributed by atoms with E-state index in [1.54, 1.807) is 11.3 Å². The molecule has 2 aromatic rings. The van der Waals surface area contributed by atoms with Crippen molar-refractivity contribution in [1.82, 2.24) is 0 Å². The zero-order valence-corrected chi connectivity index (χ0v) is 11.3. The lowest BCUT2D eigenvalue weighted by molar-refractivity contribution is 0.103. The van der Waals surface area contributed by atoms with Crippen molar-refractivity contribution in [2.45, 2.75) is 25.9 Å². The van der Waals surface area contributed by atoms with Crippen LogP contribution in [0.2, 0.25) is 0 Å². The molecule has 0 spiro atoms.